The summed E-state index contributed by atoms with van der Waals surface area (Å²) in [6, 6.07) is 1.84. The molecule has 1 fully saturated rings. The summed E-state index contributed by atoms with van der Waals surface area (Å²) in [6.45, 7) is 11.5. The van der Waals surface area contributed by atoms with E-state index in [1.807, 2.05) is 33.8 Å². The maximum Gasteiger partial charge on any atom is 0.237 e. The lowest BCUT2D eigenvalue weighted by Crippen LogP contribution is -2.49. The van der Waals surface area contributed by atoms with Crippen LogP contribution in [0.5, 0.6) is 0 Å². The van der Waals surface area contributed by atoms with Crippen molar-refractivity contribution in [2.45, 2.75) is 59.5 Å². The minimum Gasteiger partial charge on any atom is -0.372 e. The molecule has 27 heavy (non-hydrogen) atoms. The average molecular weight is 396 g/mol. The second-order valence-corrected chi connectivity index (χ2v) is 9.70. The minimum atomic E-state index is -3.66. The van der Waals surface area contributed by atoms with E-state index in [1.165, 1.54) is 6.92 Å². The van der Waals surface area contributed by atoms with Crippen LogP contribution in [0.3, 0.4) is 0 Å². The van der Waals surface area contributed by atoms with Crippen LogP contribution < -0.4 is 0 Å². The van der Waals surface area contributed by atoms with E-state index in [0.29, 0.717) is 29.8 Å². The Kier molecular flexibility index (Phi) is 6.47. The second kappa shape index (κ2) is 8.10. The van der Waals surface area contributed by atoms with Crippen molar-refractivity contribution in [3.63, 3.8) is 0 Å². The maximum atomic E-state index is 12.7. The van der Waals surface area contributed by atoms with Gasteiger partial charge in [-0.25, -0.2) is 8.42 Å². The molecule has 0 N–H and O–H groups in total. The molecular formula is C20H29NO5S. The van der Waals surface area contributed by atoms with Gasteiger partial charge in [-0.15, -0.1) is 0 Å². The number of benzene rings is 1. The summed E-state index contributed by atoms with van der Waals surface area (Å²) in [7, 11) is -3.66. The van der Waals surface area contributed by atoms with E-state index in [9.17, 15) is 18.0 Å². The van der Waals surface area contributed by atoms with Crippen molar-refractivity contribution in [3.05, 3.63) is 33.9 Å². The van der Waals surface area contributed by atoms with Gasteiger partial charge in [0.2, 0.25) is 5.91 Å². The maximum absolute atomic E-state index is 12.7. The quantitative estimate of drug-likeness (QED) is 0.715. The topological polar surface area (TPSA) is 80.8 Å². The lowest BCUT2D eigenvalue weighted by atomic mass is 9.92. The Labute approximate surface area is 161 Å². The molecule has 1 saturated heterocycles. The minimum absolute atomic E-state index is 0.0870. The van der Waals surface area contributed by atoms with Crippen molar-refractivity contribution < 1.29 is 22.7 Å². The predicted molar refractivity (Wildman–Crippen MR) is 105 cm³/mol. The Morgan fingerprint density at radius 3 is 2.19 bits per heavy atom. The molecule has 0 unspecified atom stereocenters. The molecule has 1 aliphatic rings. The van der Waals surface area contributed by atoms with Crippen molar-refractivity contribution in [2.75, 3.05) is 18.8 Å². The predicted octanol–water partition coefficient (Wildman–Crippen LogP) is 2.37. The summed E-state index contributed by atoms with van der Waals surface area (Å²) >= 11 is 0. The van der Waals surface area contributed by atoms with E-state index in [4.69, 9.17) is 4.74 Å². The number of rotatable bonds is 5. The van der Waals surface area contributed by atoms with Crippen LogP contribution in [-0.2, 0) is 25.1 Å². The Morgan fingerprint density at radius 2 is 1.67 bits per heavy atom. The van der Waals surface area contributed by atoms with Crippen molar-refractivity contribution in [3.8, 4) is 0 Å². The number of aryl methyl sites for hydroxylation is 2. The van der Waals surface area contributed by atoms with Crippen LogP contribution >= 0.6 is 0 Å². The highest BCUT2D eigenvalue weighted by atomic mass is 32.2. The highest BCUT2D eigenvalue weighted by Crippen LogP contribution is 2.25. The molecule has 2 rings (SSSR count). The van der Waals surface area contributed by atoms with E-state index >= 15 is 0 Å². The third kappa shape index (κ3) is 5.17. The van der Waals surface area contributed by atoms with Gasteiger partial charge in [-0.1, -0.05) is 6.07 Å². The summed E-state index contributed by atoms with van der Waals surface area (Å²) in [5, 5.41) is 0. The summed E-state index contributed by atoms with van der Waals surface area (Å²) in [6.07, 6.45) is -0.222. The number of carbonyl (C=O) groups is 2. The fraction of sp³-hybridized carbons (Fsp3) is 0.600. The number of nitrogens with zero attached hydrogens (tertiary/aromatic N) is 1. The number of Topliss-reactive ketones (excluding diaryl/α,β-unsaturated/α-hetero) is 1. The number of carbonyl (C=O) groups excluding carboxylic acids is 2. The molecule has 150 valence electrons. The molecule has 0 saturated carbocycles. The second-order valence-electron chi connectivity index (χ2n) is 7.63. The van der Waals surface area contributed by atoms with Crippen LogP contribution in [0.15, 0.2) is 6.07 Å². The first kappa shape index (κ1) is 21.6. The van der Waals surface area contributed by atoms with E-state index in [1.54, 1.807) is 11.8 Å². The molecule has 1 aromatic carbocycles. The van der Waals surface area contributed by atoms with Gasteiger partial charge < -0.3 is 9.64 Å². The summed E-state index contributed by atoms with van der Waals surface area (Å²) in [5.74, 6) is -1.26. The molecule has 0 aromatic heterocycles. The van der Waals surface area contributed by atoms with Crippen LogP contribution in [0.1, 0.15) is 53.4 Å². The molecule has 2 atom stereocenters. The fourth-order valence-electron chi connectivity index (χ4n) is 3.92. The summed E-state index contributed by atoms with van der Waals surface area (Å²) in [5.41, 5.74) is 3.52. The van der Waals surface area contributed by atoms with Gasteiger partial charge in [0.15, 0.2) is 15.6 Å². The Bertz CT molecular complexity index is 850. The van der Waals surface area contributed by atoms with Crippen molar-refractivity contribution >= 4 is 21.5 Å². The molecular weight excluding hydrogens is 366 g/mol. The highest BCUT2D eigenvalue weighted by Gasteiger charge is 2.29. The monoisotopic (exact) mass is 395 g/mol. The number of hydrogen-bond acceptors (Lipinski definition) is 5. The largest absolute Gasteiger partial charge is 0.372 e. The Balaban J connectivity index is 2.23. The molecule has 1 aromatic rings. The van der Waals surface area contributed by atoms with Crippen LogP contribution in [-0.4, -0.2) is 56.1 Å². The van der Waals surface area contributed by atoms with Crippen molar-refractivity contribution in [1.82, 2.24) is 4.90 Å². The number of ketones is 1. The Morgan fingerprint density at radius 1 is 1.11 bits per heavy atom. The highest BCUT2D eigenvalue weighted by molar-refractivity contribution is 7.91. The summed E-state index contributed by atoms with van der Waals surface area (Å²) < 4.78 is 31.0. The first-order valence-electron chi connectivity index (χ1n) is 9.15. The zero-order valence-corrected chi connectivity index (χ0v) is 17.8. The third-order valence-electron chi connectivity index (χ3n) is 4.96. The van der Waals surface area contributed by atoms with E-state index in [0.717, 1.165) is 11.1 Å². The summed E-state index contributed by atoms with van der Waals surface area (Å²) in [4.78, 5) is 26.0. The van der Waals surface area contributed by atoms with Crippen LogP contribution in [0, 0.1) is 20.8 Å². The standard InChI is InChI=1S/C20H29NO5S/c1-12-7-13(2)20(17(6)22)16(5)18(12)10-27(24,25)11-19(23)21-8-14(3)26-15(4)9-21/h7,14-15H,8-11H2,1-6H3/t14-,15-/m0/s1. The van der Waals surface area contributed by atoms with Crippen molar-refractivity contribution in [1.29, 1.82) is 0 Å². The van der Waals surface area contributed by atoms with E-state index < -0.39 is 21.5 Å². The van der Waals surface area contributed by atoms with Gasteiger partial charge in [0.25, 0.3) is 0 Å². The van der Waals surface area contributed by atoms with Crippen LogP contribution in [0.4, 0.5) is 0 Å². The van der Waals surface area contributed by atoms with Gasteiger partial charge in [0.1, 0.15) is 5.75 Å². The first-order chi connectivity index (χ1) is 12.4. The lowest BCUT2D eigenvalue weighted by molar-refractivity contribution is -0.140. The molecule has 6 nitrogen and oxygen atoms in total. The molecule has 0 radical (unpaired) electrons. The number of ether oxygens (including phenoxy) is 1. The SMILES string of the molecule is CC(=O)c1c(C)cc(C)c(CS(=O)(=O)CC(=O)N2C[C@H](C)O[C@@H](C)C2)c1C. The normalized spacial score (nSPS) is 20.6. The molecule has 1 amide bonds. The zero-order valence-electron chi connectivity index (χ0n) is 17.0. The average Bonchev–Trinajstić information content (AvgIpc) is 2.49. The molecule has 0 spiro atoms. The van der Waals surface area contributed by atoms with Gasteiger partial charge in [0, 0.05) is 18.7 Å². The smallest absolute Gasteiger partial charge is 0.237 e. The Hall–Kier alpha value is -1.73. The van der Waals surface area contributed by atoms with Crippen molar-refractivity contribution in [2.24, 2.45) is 0 Å². The number of sulfone groups is 1. The first-order valence-corrected chi connectivity index (χ1v) is 11.0. The van der Waals surface area contributed by atoms with E-state index in [2.05, 4.69) is 0 Å². The van der Waals surface area contributed by atoms with Gasteiger partial charge in [-0.2, -0.15) is 0 Å². The lowest BCUT2D eigenvalue weighted by Gasteiger charge is -2.35. The number of amides is 1. The number of morpholine rings is 1. The van der Waals surface area contributed by atoms with Gasteiger partial charge >= 0.3 is 0 Å². The van der Waals surface area contributed by atoms with Gasteiger partial charge in [0.05, 0.1) is 18.0 Å². The zero-order chi connectivity index (χ0) is 20.5. The molecule has 7 heteroatoms. The molecule has 0 aliphatic carbocycles. The third-order valence-corrected chi connectivity index (χ3v) is 6.38. The fourth-order valence-corrected chi connectivity index (χ4v) is 5.47. The van der Waals surface area contributed by atoms with E-state index in [-0.39, 0.29) is 23.7 Å². The molecule has 1 heterocycles. The van der Waals surface area contributed by atoms with Crippen LogP contribution in [0.2, 0.25) is 0 Å². The number of hydrogen-bond donors (Lipinski definition) is 0. The molecule has 1 aliphatic heterocycles. The molecule has 0 bridgehead atoms. The van der Waals surface area contributed by atoms with Gasteiger partial charge in [-0.3, -0.25) is 9.59 Å². The van der Waals surface area contributed by atoms with Crippen LogP contribution in [0.25, 0.3) is 0 Å². The van der Waals surface area contributed by atoms with Gasteiger partial charge in [-0.05, 0) is 63.8 Å².